The van der Waals surface area contributed by atoms with E-state index in [9.17, 15) is 0 Å². The minimum absolute atomic E-state index is 0.0985. The molecule has 1 atom stereocenters. The normalized spacial score (nSPS) is 28.3. The van der Waals surface area contributed by atoms with E-state index < -0.39 is 0 Å². The molecule has 2 aliphatic rings. The van der Waals surface area contributed by atoms with Gasteiger partial charge in [-0.25, -0.2) is 0 Å². The monoisotopic (exact) mass is 179 g/mol. The molecule has 2 rings (SSSR count). The molecule has 0 radical (unpaired) electrons. The van der Waals surface area contributed by atoms with Crippen LogP contribution >= 0.6 is 0 Å². The number of hydrogen-bond acceptors (Lipinski definition) is 3. The second kappa shape index (κ2) is 3.65. The van der Waals surface area contributed by atoms with Crippen molar-refractivity contribution in [2.24, 2.45) is 0 Å². The molecule has 0 amide bonds. The summed E-state index contributed by atoms with van der Waals surface area (Å²) in [5.41, 5.74) is 0. The van der Waals surface area contributed by atoms with E-state index >= 15 is 0 Å². The first-order chi connectivity index (χ1) is 6.31. The Bertz CT molecular complexity index is 209. The van der Waals surface area contributed by atoms with Gasteiger partial charge in [0, 0.05) is 32.2 Å². The third kappa shape index (κ3) is 2.01. The lowest BCUT2D eigenvalue weighted by atomic mass is 10.2. The molecule has 13 heavy (non-hydrogen) atoms. The molecule has 1 saturated heterocycles. The highest BCUT2D eigenvalue weighted by atomic mass is 15.3. The van der Waals surface area contributed by atoms with Gasteiger partial charge in [-0.05, 0) is 19.8 Å². The predicted molar refractivity (Wildman–Crippen MR) is 51.2 cm³/mol. The standard InChI is InChI=1S/C10H17N3/c1-9(8-11)12-4-6-13(7-5-12)10-2-3-10/h9-10H,2-7H2,1H3. The maximum Gasteiger partial charge on any atom is 0.0950 e. The van der Waals surface area contributed by atoms with Gasteiger partial charge in [0.2, 0.25) is 0 Å². The van der Waals surface area contributed by atoms with Crippen LogP contribution in [0.5, 0.6) is 0 Å². The minimum atomic E-state index is 0.0985. The van der Waals surface area contributed by atoms with E-state index in [1.54, 1.807) is 0 Å². The zero-order valence-electron chi connectivity index (χ0n) is 8.24. The molecule has 2 fully saturated rings. The van der Waals surface area contributed by atoms with E-state index in [4.69, 9.17) is 5.26 Å². The Morgan fingerprint density at radius 1 is 1.23 bits per heavy atom. The summed E-state index contributed by atoms with van der Waals surface area (Å²) >= 11 is 0. The van der Waals surface area contributed by atoms with Crippen molar-refractivity contribution < 1.29 is 0 Å². The van der Waals surface area contributed by atoms with Crippen LogP contribution in [-0.4, -0.2) is 48.1 Å². The van der Waals surface area contributed by atoms with Gasteiger partial charge in [0.1, 0.15) is 0 Å². The summed E-state index contributed by atoms with van der Waals surface area (Å²) in [6, 6.07) is 3.29. The molecular weight excluding hydrogens is 162 g/mol. The van der Waals surface area contributed by atoms with Gasteiger partial charge in [0.05, 0.1) is 12.1 Å². The number of piperazine rings is 1. The molecule has 0 aromatic heterocycles. The molecule has 1 unspecified atom stereocenters. The van der Waals surface area contributed by atoms with Crippen molar-refractivity contribution in [1.82, 2.24) is 9.80 Å². The van der Waals surface area contributed by atoms with E-state index in [2.05, 4.69) is 15.9 Å². The molecule has 1 aliphatic carbocycles. The first kappa shape index (κ1) is 8.98. The second-order valence-corrected chi connectivity index (χ2v) is 4.11. The van der Waals surface area contributed by atoms with Gasteiger partial charge < -0.3 is 0 Å². The molecule has 0 N–H and O–H groups in total. The van der Waals surface area contributed by atoms with Crippen LogP contribution in [0.25, 0.3) is 0 Å². The molecule has 1 aliphatic heterocycles. The van der Waals surface area contributed by atoms with Crippen LogP contribution in [-0.2, 0) is 0 Å². The summed E-state index contributed by atoms with van der Waals surface area (Å²) in [6.07, 6.45) is 2.79. The van der Waals surface area contributed by atoms with E-state index in [0.29, 0.717) is 0 Å². The predicted octanol–water partition coefficient (Wildman–Crippen LogP) is 0.678. The highest BCUT2D eigenvalue weighted by Gasteiger charge is 2.31. The largest absolute Gasteiger partial charge is 0.298 e. The topological polar surface area (TPSA) is 30.3 Å². The lowest BCUT2D eigenvalue weighted by molar-refractivity contribution is 0.114. The molecule has 0 aromatic carbocycles. The summed E-state index contributed by atoms with van der Waals surface area (Å²) in [7, 11) is 0. The number of hydrogen-bond donors (Lipinski definition) is 0. The summed E-state index contributed by atoms with van der Waals surface area (Å²) in [4.78, 5) is 4.85. The fourth-order valence-electron chi connectivity index (χ4n) is 2.01. The first-order valence-electron chi connectivity index (χ1n) is 5.19. The molecular formula is C10H17N3. The minimum Gasteiger partial charge on any atom is -0.298 e. The molecule has 0 bridgehead atoms. The van der Waals surface area contributed by atoms with E-state index in [1.165, 1.54) is 12.8 Å². The Hall–Kier alpha value is -0.590. The van der Waals surface area contributed by atoms with Crippen LogP contribution in [0.15, 0.2) is 0 Å². The van der Waals surface area contributed by atoms with E-state index in [1.807, 2.05) is 6.92 Å². The summed E-state index contributed by atoms with van der Waals surface area (Å²) < 4.78 is 0. The second-order valence-electron chi connectivity index (χ2n) is 4.11. The molecule has 3 nitrogen and oxygen atoms in total. The van der Waals surface area contributed by atoms with Crippen molar-refractivity contribution in [3.8, 4) is 6.07 Å². The van der Waals surface area contributed by atoms with Gasteiger partial charge >= 0.3 is 0 Å². The van der Waals surface area contributed by atoms with Crippen molar-refractivity contribution in [1.29, 1.82) is 5.26 Å². The van der Waals surface area contributed by atoms with Crippen molar-refractivity contribution in [2.45, 2.75) is 31.8 Å². The zero-order chi connectivity index (χ0) is 9.26. The maximum absolute atomic E-state index is 8.77. The quantitative estimate of drug-likeness (QED) is 0.624. The average Bonchev–Trinajstić information content (AvgIpc) is 3.00. The van der Waals surface area contributed by atoms with E-state index in [0.717, 1.165) is 32.2 Å². The smallest absolute Gasteiger partial charge is 0.0950 e. The lowest BCUT2D eigenvalue weighted by Gasteiger charge is -2.35. The molecule has 72 valence electrons. The Balaban J connectivity index is 1.78. The zero-order valence-corrected chi connectivity index (χ0v) is 8.24. The Morgan fingerprint density at radius 2 is 1.85 bits per heavy atom. The molecule has 1 heterocycles. The molecule has 0 aromatic rings. The van der Waals surface area contributed by atoms with Crippen molar-refractivity contribution >= 4 is 0 Å². The van der Waals surface area contributed by atoms with Gasteiger partial charge in [0.25, 0.3) is 0 Å². The highest BCUT2D eigenvalue weighted by Crippen LogP contribution is 2.27. The van der Waals surface area contributed by atoms with E-state index in [-0.39, 0.29) is 6.04 Å². The fraction of sp³-hybridized carbons (Fsp3) is 0.900. The Kier molecular flexibility index (Phi) is 2.52. The van der Waals surface area contributed by atoms with Crippen LogP contribution in [0.3, 0.4) is 0 Å². The number of nitriles is 1. The SMILES string of the molecule is CC(C#N)N1CCN(C2CC2)CC1. The van der Waals surface area contributed by atoms with Crippen LogP contribution in [0, 0.1) is 11.3 Å². The number of nitrogens with zero attached hydrogens (tertiary/aromatic N) is 3. The third-order valence-corrected chi connectivity index (χ3v) is 3.15. The molecule has 1 saturated carbocycles. The van der Waals surface area contributed by atoms with Gasteiger partial charge in [0.15, 0.2) is 0 Å². The fourth-order valence-corrected chi connectivity index (χ4v) is 2.01. The number of rotatable bonds is 2. The Labute approximate surface area is 79.9 Å². The van der Waals surface area contributed by atoms with Crippen molar-refractivity contribution in [2.75, 3.05) is 26.2 Å². The van der Waals surface area contributed by atoms with Crippen molar-refractivity contribution in [3.05, 3.63) is 0 Å². The van der Waals surface area contributed by atoms with Gasteiger partial charge in [-0.2, -0.15) is 5.26 Å². The van der Waals surface area contributed by atoms with Crippen LogP contribution < -0.4 is 0 Å². The molecule has 0 spiro atoms. The average molecular weight is 179 g/mol. The summed E-state index contributed by atoms with van der Waals surface area (Å²) in [6.45, 7) is 6.47. The van der Waals surface area contributed by atoms with Crippen LogP contribution in [0.1, 0.15) is 19.8 Å². The Morgan fingerprint density at radius 3 is 2.31 bits per heavy atom. The van der Waals surface area contributed by atoms with Gasteiger partial charge in [-0.3, -0.25) is 9.80 Å². The van der Waals surface area contributed by atoms with Crippen LogP contribution in [0.2, 0.25) is 0 Å². The maximum atomic E-state index is 8.77. The molecule has 3 heteroatoms. The van der Waals surface area contributed by atoms with Crippen LogP contribution in [0.4, 0.5) is 0 Å². The third-order valence-electron chi connectivity index (χ3n) is 3.15. The summed E-state index contributed by atoms with van der Waals surface area (Å²) in [5, 5.41) is 8.77. The summed E-state index contributed by atoms with van der Waals surface area (Å²) in [5.74, 6) is 0. The van der Waals surface area contributed by atoms with Gasteiger partial charge in [-0.15, -0.1) is 0 Å². The highest BCUT2D eigenvalue weighted by molar-refractivity contribution is 4.93. The van der Waals surface area contributed by atoms with Gasteiger partial charge in [-0.1, -0.05) is 0 Å². The first-order valence-corrected chi connectivity index (χ1v) is 5.19. The lowest BCUT2D eigenvalue weighted by Crippen LogP contribution is -2.49. The van der Waals surface area contributed by atoms with Crippen molar-refractivity contribution in [3.63, 3.8) is 0 Å².